The molecular weight excluding hydrogens is 286 g/mol. The van der Waals surface area contributed by atoms with E-state index in [4.69, 9.17) is 14.0 Å². The molecule has 1 aliphatic rings. The maximum absolute atomic E-state index is 12.1. The molecule has 0 saturated heterocycles. The fourth-order valence-corrected chi connectivity index (χ4v) is 2.03. The van der Waals surface area contributed by atoms with Gasteiger partial charge < -0.3 is 19.3 Å². The molecule has 0 atom stereocenters. The Morgan fingerprint density at radius 1 is 1.32 bits per heavy atom. The molecule has 0 bridgehead atoms. The number of carbonyl (C=O) groups excluding carboxylic acids is 1. The van der Waals surface area contributed by atoms with Gasteiger partial charge in [-0.1, -0.05) is 19.0 Å². The fourth-order valence-electron chi connectivity index (χ4n) is 2.03. The summed E-state index contributed by atoms with van der Waals surface area (Å²) in [6.07, 6.45) is 0.520. The first-order valence-electron chi connectivity index (χ1n) is 7.14. The molecule has 0 unspecified atom stereocenters. The van der Waals surface area contributed by atoms with E-state index in [0.717, 1.165) is 0 Å². The van der Waals surface area contributed by atoms with Crippen LogP contribution in [0.3, 0.4) is 0 Å². The van der Waals surface area contributed by atoms with Gasteiger partial charge in [0.1, 0.15) is 0 Å². The molecular formula is C15H17N3O4. The first kappa shape index (κ1) is 14.4. The summed E-state index contributed by atoms with van der Waals surface area (Å²) in [6, 6.07) is 5.10. The molecule has 0 fully saturated rings. The van der Waals surface area contributed by atoms with E-state index in [-0.39, 0.29) is 18.6 Å². The van der Waals surface area contributed by atoms with E-state index in [1.165, 1.54) is 0 Å². The van der Waals surface area contributed by atoms with Crippen molar-refractivity contribution in [2.75, 3.05) is 13.3 Å². The van der Waals surface area contributed by atoms with E-state index in [0.29, 0.717) is 41.7 Å². The highest BCUT2D eigenvalue weighted by Crippen LogP contribution is 2.32. The van der Waals surface area contributed by atoms with Crippen LogP contribution in [0, 0.1) is 0 Å². The zero-order valence-electron chi connectivity index (χ0n) is 12.5. The monoisotopic (exact) mass is 303 g/mol. The van der Waals surface area contributed by atoms with Crippen LogP contribution < -0.4 is 14.8 Å². The highest BCUT2D eigenvalue weighted by Gasteiger charge is 2.16. The van der Waals surface area contributed by atoms with Crippen molar-refractivity contribution in [2.24, 2.45) is 0 Å². The number of ether oxygens (including phenoxy) is 2. The Kier molecular flexibility index (Phi) is 3.95. The lowest BCUT2D eigenvalue weighted by atomic mass is 10.2. The third-order valence-electron chi connectivity index (χ3n) is 3.25. The van der Waals surface area contributed by atoms with Crippen molar-refractivity contribution in [3.63, 3.8) is 0 Å². The third-order valence-corrected chi connectivity index (χ3v) is 3.25. The molecule has 2 heterocycles. The van der Waals surface area contributed by atoms with Crippen LogP contribution in [0.25, 0.3) is 0 Å². The van der Waals surface area contributed by atoms with Crippen molar-refractivity contribution in [2.45, 2.75) is 26.2 Å². The predicted octanol–water partition coefficient (Wildman–Crippen LogP) is 1.89. The minimum absolute atomic E-state index is 0.175. The van der Waals surface area contributed by atoms with Gasteiger partial charge in [0.05, 0.1) is 0 Å². The number of fused-ring (bicyclic) bond motifs is 1. The van der Waals surface area contributed by atoms with Crippen molar-refractivity contribution >= 4 is 5.91 Å². The fraction of sp³-hybridized carbons (Fsp3) is 0.400. The Morgan fingerprint density at radius 2 is 2.14 bits per heavy atom. The number of amides is 1. The van der Waals surface area contributed by atoms with E-state index >= 15 is 0 Å². The molecule has 3 rings (SSSR count). The van der Waals surface area contributed by atoms with Gasteiger partial charge in [0, 0.05) is 24.4 Å². The van der Waals surface area contributed by atoms with Crippen molar-refractivity contribution < 1.29 is 18.8 Å². The van der Waals surface area contributed by atoms with Gasteiger partial charge in [-0.2, -0.15) is 4.98 Å². The average molecular weight is 303 g/mol. The number of hydrogen-bond acceptors (Lipinski definition) is 6. The van der Waals surface area contributed by atoms with Crippen LogP contribution in [0.1, 0.15) is 41.8 Å². The van der Waals surface area contributed by atoms with E-state index in [9.17, 15) is 4.79 Å². The van der Waals surface area contributed by atoms with Crippen LogP contribution in [0.4, 0.5) is 0 Å². The van der Waals surface area contributed by atoms with Crippen LogP contribution in [0.15, 0.2) is 22.7 Å². The van der Waals surface area contributed by atoms with Crippen LogP contribution in [-0.4, -0.2) is 29.4 Å². The molecule has 2 aromatic rings. The van der Waals surface area contributed by atoms with Crippen LogP contribution in [0.2, 0.25) is 0 Å². The largest absolute Gasteiger partial charge is 0.454 e. The van der Waals surface area contributed by atoms with Crippen LogP contribution in [-0.2, 0) is 6.42 Å². The van der Waals surface area contributed by atoms with Crippen molar-refractivity contribution in [1.29, 1.82) is 0 Å². The Labute approximate surface area is 127 Å². The lowest BCUT2D eigenvalue weighted by molar-refractivity contribution is 0.0953. The maximum atomic E-state index is 12.1. The molecule has 7 nitrogen and oxygen atoms in total. The number of hydrogen-bond donors (Lipinski definition) is 1. The molecule has 116 valence electrons. The lowest BCUT2D eigenvalue weighted by Crippen LogP contribution is -2.25. The summed E-state index contributed by atoms with van der Waals surface area (Å²) in [4.78, 5) is 16.3. The SMILES string of the molecule is CC(C)c1nc(CCNC(=O)c2ccc3c(c2)OCO3)no1. The lowest BCUT2D eigenvalue weighted by Gasteiger charge is -2.04. The van der Waals surface area contributed by atoms with Gasteiger partial charge in [0.2, 0.25) is 12.7 Å². The minimum Gasteiger partial charge on any atom is -0.454 e. The van der Waals surface area contributed by atoms with E-state index in [2.05, 4.69) is 15.5 Å². The summed E-state index contributed by atoms with van der Waals surface area (Å²) < 4.78 is 15.6. The van der Waals surface area contributed by atoms with Crippen LogP contribution in [0.5, 0.6) is 11.5 Å². The molecule has 22 heavy (non-hydrogen) atoms. The second-order valence-corrected chi connectivity index (χ2v) is 5.28. The molecule has 7 heteroatoms. The second kappa shape index (κ2) is 6.05. The molecule has 1 aliphatic heterocycles. The van der Waals surface area contributed by atoms with Crippen molar-refractivity contribution in [3.05, 3.63) is 35.5 Å². The quantitative estimate of drug-likeness (QED) is 0.907. The molecule has 0 radical (unpaired) electrons. The van der Waals surface area contributed by atoms with E-state index < -0.39 is 0 Å². The molecule has 0 aliphatic carbocycles. The Morgan fingerprint density at radius 3 is 2.91 bits per heavy atom. The summed E-state index contributed by atoms with van der Waals surface area (Å²) in [5, 5.41) is 6.70. The maximum Gasteiger partial charge on any atom is 0.251 e. The summed E-state index contributed by atoms with van der Waals surface area (Å²) in [7, 11) is 0. The molecule has 1 aromatic heterocycles. The molecule has 1 N–H and O–H groups in total. The van der Waals surface area contributed by atoms with Gasteiger partial charge in [-0.05, 0) is 18.2 Å². The standard InChI is InChI=1S/C15H17N3O4/c1-9(2)15-17-13(18-22-15)5-6-16-14(19)10-3-4-11-12(7-10)21-8-20-11/h3-4,7,9H,5-6,8H2,1-2H3,(H,16,19). The van der Waals surface area contributed by atoms with Crippen LogP contribution >= 0.6 is 0 Å². The Hall–Kier alpha value is -2.57. The third kappa shape index (κ3) is 3.03. The highest BCUT2D eigenvalue weighted by atomic mass is 16.7. The first-order chi connectivity index (χ1) is 10.6. The second-order valence-electron chi connectivity index (χ2n) is 5.28. The Balaban J connectivity index is 1.53. The number of nitrogens with one attached hydrogen (secondary N) is 1. The topological polar surface area (TPSA) is 86.5 Å². The van der Waals surface area contributed by atoms with Crippen molar-refractivity contribution in [1.82, 2.24) is 15.5 Å². The summed E-state index contributed by atoms with van der Waals surface area (Å²) in [6.45, 7) is 4.60. The van der Waals surface area contributed by atoms with E-state index in [1.807, 2.05) is 13.8 Å². The minimum atomic E-state index is -0.175. The first-order valence-corrected chi connectivity index (χ1v) is 7.14. The van der Waals surface area contributed by atoms with Gasteiger partial charge >= 0.3 is 0 Å². The normalized spacial score (nSPS) is 12.7. The summed E-state index contributed by atoms with van der Waals surface area (Å²) >= 11 is 0. The summed E-state index contributed by atoms with van der Waals surface area (Å²) in [5.74, 6) is 2.47. The predicted molar refractivity (Wildman–Crippen MR) is 77.0 cm³/mol. The molecule has 0 saturated carbocycles. The van der Waals surface area contributed by atoms with Gasteiger partial charge in [-0.3, -0.25) is 4.79 Å². The summed E-state index contributed by atoms with van der Waals surface area (Å²) in [5.41, 5.74) is 0.528. The number of nitrogens with zero attached hydrogens (tertiary/aromatic N) is 2. The average Bonchev–Trinajstić information content (AvgIpc) is 3.15. The highest BCUT2D eigenvalue weighted by molar-refractivity contribution is 5.94. The van der Waals surface area contributed by atoms with Gasteiger partial charge in [-0.15, -0.1) is 0 Å². The molecule has 0 spiro atoms. The van der Waals surface area contributed by atoms with E-state index in [1.54, 1.807) is 18.2 Å². The zero-order valence-corrected chi connectivity index (χ0v) is 12.5. The molecule has 1 amide bonds. The number of rotatable bonds is 5. The number of benzene rings is 1. The van der Waals surface area contributed by atoms with Gasteiger partial charge in [0.15, 0.2) is 17.3 Å². The number of carbonyl (C=O) groups is 1. The van der Waals surface area contributed by atoms with Crippen molar-refractivity contribution in [3.8, 4) is 11.5 Å². The smallest absolute Gasteiger partial charge is 0.251 e. The zero-order chi connectivity index (χ0) is 15.5. The molecule has 1 aromatic carbocycles. The Bertz CT molecular complexity index is 681. The number of aromatic nitrogens is 2. The van der Waals surface area contributed by atoms with Gasteiger partial charge in [-0.25, -0.2) is 0 Å². The van der Waals surface area contributed by atoms with Gasteiger partial charge in [0.25, 0.3) is 5.91 Å².